The van der Waals surface area contributed by atoms with Gasteiger partial charge in [0, 0.05) is 10.0 Å². The Morgan fingerprint density at radius 2 is 1.85 bits per heavy atom. The van der Waals surface area contributed by atoms with Crippen LogP contribution >= 0.6 is 34.8 Å². The van der Waals surface area contributed by atoms with Crippen LogP contribution in [0.15, 0.2) is 47.5 Å². The van der Waals surface area contributed by atoms with Crippen molar-refractivity contribution >= 4 is 45.7 Å². The second kappa shape index (κ2) is 8.37. The second-order valence-electron chi connectivity index (χ2n) is 5.78. The summed E-state index contributed by atoms with van der Waals surface area (Å²) < 4.78 is 6.80. The van der Waals surface area contributed by atoms with Crippen molar-refractivity contribution in [1.82, 2.24) is 9.55 Å². The van der Waals surface area contributed by atoms with Crippen LogP contribution in [0.25, 0.3) is 10.9 Å². The Morgan fingerprint density at radius 3 is 2.58 bits per heavy atom. The fraction of sp³-hybridized carbons (Fsp3) is 0.222. The molecule has 0 spiro atoms. The van der Waals surface area contributed by atoms with E-state index in [1.165, 1.54) is 23.0 Å². The van der Waals surface area contributed by atoms with E-state index in [-0.39, 0.29) is 18.7 Å². The Morgan fingerprint density at radius 1 is 1.12 bits per heavy atom. The van der Waals surface area contributed by atoms with E-state index in [4.69, 9.17) is 39.5 Å². The summed E-state index contributed by atoms with van der Waals surface area (Å²) in [5, 5.41) is 11.8. The van der Waals surface area contributed by atoms with Crippen LogP contribution in [0.1, 0.15) is 5.56 Å². The quantitative estimate of drug-likeness (QED) is 0.665. The molecule has 136 valence electrons. The number of nitrogens with zero attached hydrogens (tertiary/aromatic N) is 2. The molecular formula is C18H15Cl3N2O3. The normalized spacial score (nSPS) is 12.5. The van der Waals surface area contributed by atoms with Crippen LogP contribution in [-0.4, -0.2) is 27.4 Å². The molecule has 0 aliphatic carbocycles. The number of aromatic nitrogens is 2. The van der Waals surface area contributed by atoms with Gasteiger partial charge in [0.2, 0.25) is 0 Å². The Bertz CT molecular complexity index is 974. The van der Waals surface area contributed by atoms with E-state index in [0.717, 1.165) is 5.56 Å². The first-order valence-electron chi connectivity index (χ1n) is 7.78. The van der Waals surface area contributed by atoms with Crippen LogP contribution in [0.4, 0.5) is 0 Å². The minimum absolute atomic E-state index is 0.0481. The molecule has 2 aromatic carbocycles. The van der Waals surface area contributed by atoms with Crippen molar-refractivity contribution in [2.24, 2.45) is 0 Å². The van der Waals surface area contributed by atoms with Gasteiger partial charge in [0.25, 0.3) is 5.56 Å². The third-order valence-electron chi connectivity index (χ3n) is 3.75. The van der Waals surface area contributed by atoms with Gasteiger partial charge in [-0.3, -0.25) is 9.36 Å². The van der Waals surface area contributed by atoms with Gasteiger partial charge in [0.05, 0.1) is 48.1 Å². The van der Waals surface area contributed by atoms with E-state index < -0.39 is 6.10 Å². The molecule has 0 fully saturated rings. The molecule has 3 rings (SSSR count). The summed E-state index contributed by atoms with van der Waals surface area (Å²) in [5.74, 6) is 0. The Hall–Kier alpha value is -1.63. The van der Waals surface area contributed by atoms with Crippen molar-refractivity contribution in [3.05, 3.63) is 73.7 Å². The summed E-state index contributed by atoms with van der Waals surface area (Å²) in [6.45, 7) is 0.459. The fourth-order valence-electron chi connectivity index (χ4n) is 2.50. The molecule has 1 aromatic heterocycles. The zero-order valence-corrected chi connectivity index (χ0v) is 15.8. The molecule has 0 amide bonds. The summed E-state index contributed by atoms with van der Waals surface area (Å²) in [7, 11) is 0. The molecular weight excluding hydrogens is 399 g/mol. The maximum absolute atomic E-state index is 12.5. The predicted octanol–water partition coefficient (Wildman–Crippen LogP) is 3.93. The number of fused-ring (bicyclic) bond motifs is 1. The first-order chi connectivity index (χ1) is 12.4. The SMILES string of the molecule is O=c1c2cc(Cl)cc(Cl)c2ncn1C[C@H](O)COCc1ccc(Cl)cc1. The number of hydrogen-bond donors (Lipinski definition) is 1. The van der Waals surface area contributed by atoms with E-state index in [1.54, 1.807) is 12.1 Å². The van der Waals surface area contributed by atoms with Crippen LogP contribution in [-0.2, 0) is 17.9 Å². The van der Waals surface area contributed by atoms with Gasteiger partial charge < -0.3 is 9.84 Å². The largest absolute Gasteiger partial charge is 0.389 e. The smallest absolute Gasteiger partial charge is 0.261 e. The molecule has 0 bridgehead atoms. The van der Waals surface area contributed by atoms with Crippen molar-refractivity contribution < 1.29 is 9.84 Å². The maximum atomic E-state index is 12.5. The first-order valence-corrected chi connectivity index (χ1v) is 8.92. The van der Waals surface area contributed by atoms with Gasteiger partial charge in [0.1, 0.15) is 0 Å². The molecule has 3 aromatic rings. The highest BCUT2D eigenvalue weighted by molar-refractivity contribution is 6.38. The molecule has 5 nitrogen and oxygen atoms in total. The summed E-state index contributed by atoms with van der Waals surface area (Å²) in [4.78, 5) is 16.7. The molecule has 0 saturated heterocycles. The Kier molecular flexibility index (Phi) is 6.16. The zero-order valence-electron chi connectivity index (χ0n) is 13.5. The number of hydrogen-bond acceptors (Lipinski definition) is 4. The van der Waals surface area contributed by atoms with E-state index in [0.29, 0.717) is 32.6 Å². The summed E-state index contributed by atoms with van der Waals surface area (Å²) >= 11 is 17.8. The monoisotopic (exact) mass is 412 g/mol. The standard InChI is InChI=1S/C18H15Cl3N2O3/c19-12-3-1-11(2-4-12)8-26-9-14(24)7-23-10-22-17-15(18(23)25)5-13(20)6-16(17)21/h1-6,10,14,24H,7-9H2/t14-/m0/s1. The molecule has 26 heavy (non-hydrogen) atoms. The minimum Gasteiger partial charge on any atom is -0.389 e. The predicted molar refractivity (Wildman–Crippen MR) is 103 cm³/mol. The highest BCUT2D eigenvalue weighted by atomic mass is 35.5. The van der Waals surface area contributed by atoms with Crippen molar-refractivity contribution in [3.63, 3.8) is 0 Å². The van der Waals surface area contributed by atoms with Crippen LogP contribution in [0.2, 0.25) is 15.1 Å². The van der Waals surface area contributed by atoms with E-state index in [1.807, 2.05) is 12.1 Å². The topological polar surface area (TPSA) is 64.4 Å². The number of aliphatic hydroxyl groups excluding tert-OH is 1. The van der Waals surface area contributed by atoms with E-state index >= 15 is 0 Å². The molecule has 8 heteroatoms. The first kappa shape index (κ1) is 19.1. The molecule has 0 unspecified atom stereocenters. The summed E-state index contributed by atoms with van der Waals surface area (Å²) in [6.07, 6.45) is 0.487. The maximum Gasteiger partial charge on any atom is 0.261 e. The molecule has 1 atom stereocenters. The molecule has 1 heterocycles. The fourth-order valence-corrected chi connectivity index (χ4v) is 3.17. The molecule has 0 aliphatic rings. The lowest BCUT2D eigenvalue weighted by atomic mass is 10.2. The molecule has 0 saturated carbocycles. The van der Waals surface area contributed by atoms with Crippen LogP contribution in [0, 0.1) is 0 Å². The third kappa shape index (κ3) is 4.55. The molecule has 1 N–H and O–H groups in total. The van der Waals surface area contributed by atoms with Crippen molar-refractivity contribution in [2.75, 3.05) is 6.61 Å². The third-order valence-corrected chi connectivity index (χ3v) is 4.50. The number of aliphatic hydroxyl groups is 1. The average molecular weight is 414 g/mol. The van der Waals surface area contributed by atoms with Gasteiger partial charge >= 0.3 is 0 Å². The van der Waals surface area contributed by atoms with Gasteiger partial charge in [-0.05, 0) is 29.8 Å². The van der Waals surface area contributed by atoms with E-state index in [9.17, 15) is 9.90 Å². The number of ether oxygens (including phenoxy) is 1. The number of benzene rings is 2. The van der Waals surface area contributed by atoms with Crippen LogP contribution < -0.4 is 5.56 Å². The highest BCUT2D eigenvalue weighted by Gasteiger charge is 2.12. The van der Waals surface area contributed by atoms with Gasteiger partial charge in [-0.25, -0.2) is 4.98 Å². The van der Waals surface area contributed by atoms with Crippen molar-refractivity contribution in [1.29, 1.82) is 0 Å². The number of rotatable bonds is 6. The molecule has 0 aliphatic heterocycles. The van der Waals surface area contributed by atoms with Crippen LogP contribution in [0.5, 0.6) is 0 Å². The van der Waals surface area contributed by atoms with Gasteiger partial charge in [0.15, 0.2) is 0 Å². The summed E-state index contributed by atoms with van der Waals surface area (Å²) in [5.41, 5.74) is 0.998. The van der Waals surface area contributed by atoms with Crippen LogP contribution in [0.3, 0.4) is 0 Å². The van der Waals surface area contributed by atoms with E-state index in [2.05, 4.69) is 4.98 Å². The second-order valence-corrected chi connectivity index (χ2v) is 7.06. The van der Waals surface area contributed by atoms with Gasteiger partial charge in [-0.2, -0.15) is 0 Å². The summed E-state index contributed by atoms with van der Waals surface area (Å²) in [6, 6.07) is 10.3. The lowest BCUT2D eigenvalue weighted by Crippen LogP contribution is -2.29. The number of halogens is 3. The van der Waals surface area contributed by atoms with Crippen molar-refractivity contribution in [2.45, 2.75) is 19.3 Å². The van der Waals surface area contributed by atoms with Gasteiger partial charge in [-0.15, -0.1) is 0 Å². The average Bonchev–Trinajstić information content (AvgIpc) is 2.59. The Labute approximate surface area is 164 Å². The highest BCUT2D eigenvalue weighted by Crippen LogP contribution is 2.24. The lowest BCUT2D eigenvalue weighted by Gasteiger charge is -2.13. The van der Waals surface area contributed by atoms with Gasteiger partial charge in [-0.1, -0.05) is 46.9 Å². The lowest BCUT2D eigenvalue weighted by molar-refractivity contribution is 0.0198. The molecule has 0 radical (unpaired) electrons. The Balaban J connectivity index is 1.65. The minimum atomic E-state index is -0.867. The zero-order chi connectivity index (χ0) is 18.7. The van der Waals surface area contributed by atoms with Crippen molar-refractivity contribution in [3.8, 4) is 0 Å².